The number of rotatable bonds is 7. The van der Waals surface area contributed by atoms with Crippen LogP contribution in [0.5, 0.6) is 5.75 Å². The summed E-state index contributed by atoms with van der Waals surface area (Å²) in [6, 6.07) is 8.33. The highest BCUT2D eigenvalue weighted by Crippen LogP contribution is 2.23. The van der Waals surface area contributed by atoms with Gasteiger partial charge in [0.25, 0.3) is 0 Å². The fraction of sp³-hybridized carbons (Fsp3) is 0.562. The molecular formula is C16H26N2O2. The van der Waals surface area contributed by atoms with E-state index in [1.54, 1.807) is 26.1 Å². The first kappa shape index (κ1) is 16.5. The molecule has 4 heteroatoms. The van der Waals surface area contributed by atoms with Crippen molar-refractivity contribution < 1.29 is 9.53 Å². The molecule has 1 rings (SSSR count). The number of nitrogens with zero attached hydrogens (tertiary/aromatic N) is 1. The average Bonchev–Trinajstić information content (AvgIpc) is 2.43. The van der Waals surface area contributed by atoms with Gasteiger partial charge in [-0.25, -0.2) is 0 Å². The van der Waals surface area contributed by atoms with Gasteiger partial charge in [-0.05, 0) is 23.6 Å². The molecule has 4 nitrogen and oxygen atoms in total. The minimum atomic E-state index is 0.148. The summed E-state index contributed by atoms with van der Waals surface area (Å²) in [5.41, 5.74) is 1.22. The van der Waals surface area contributed by atoms with Crippen LogP contribution in [-0.4, -0.2) is 38.6 Å². The summed E-state index contributed by atoms with van der Waals surface area (Å²) in [7, 11) is 5.23. The first-order valence-corrected chi connectivity index (χ1v) is 7.03. The lowest BCUT2D eigenvalue weighted by atomic mass is 9.96. The van der Waals surface area contributed by atoms with Crippen LogP contribution in [0.1, 0.15) is 31.9 Å². The molecule has 0 saturated carbocycles. The highest BCUT2D eigenvalue weighted by atomic mass is 16.5. The quantitative estimate of drug-likeness (QED) is 0.833. The number of carbonyl (C=O) groups excluding carboxylic acids is 1. The van der Waals surface area contributed by atoms with Gasteiger partial charge in [-0.15, -0.1) is 0 Å². The number of ether oxygens (including phenoxy) is 1. The van der Waals surface area contributed by atoms with E-state index in [0.29, 0.717) is 18.9 Å². The minimum Gasteiger partial charge on any atom is -0.497 e. The molecular weight excluding hydrogens is 252 g/mol. The zero-order chi connectivity index (χ0) is 15.1. The van der Waals surface area contributed by atoms with Crippen LogP contribution >= 0.6 is 0 Å². The van der Waals surface area contributed by atoms with Gasteiger partial charge >= 0.3 is 0 Å². The molecule has 1 amide bonds. The minimum absolute atomic E-state index is 0.148. The molecule has 0 fully saturated rings. The Hall–Kier alpha value is -1.55. The largest absolute Gasteiger partial charge is 0.497 e. The number of benzene rings is 1. The van der Waals surface area contributed by atoms with Crippen molar-refractivity contribution in [3.8, 4) is 5.75 Å². The van der Waals surface area contributed by atoms with Crippen molar-refractivity contribution in [1.82, 2.24) is 10.2 Å². The normalized spacial score (nSPS) is 12.3. The molecule has 0 aromatic heterocycles. The van der Waals surface area contributed by atoms with E-state index < -0.39 is 0 Å². The first-order chi connectivity index (χ1) is 9.45. The second kappa shape index (κ2) is 7.90. The Labute approximate surface area is 122 Å². The Morgan fingerprint density at radius 3 is 2.30 bits per heavy atom. The molecule has 1 aromatic rings. The van der Waals surface area contributed by atoms with Crippen LogP contribution < -0.4 is 10.1 Å². The zero-order valence-electron chi connectivity index (χ0n) is 13.1. The molecule has 0 unspecified atom stereocenters. The zero-order valence-corrected chi connectivity index (χ0v) is 13.1. The van der Waals surface area contributed by atoms with E-state index in [4.69, 9.17) is 4.74 Å². The summed E-state index contributed by atoms with van der Waals surface area (Å²) < 4.78 is 5.18. The van der Waals surface area contributed by atoms with Crippen molar-refractivity contribution in [3.63, 3.8) is 0 Å². The van der Waals surface area contributed by atoms with Crippen molar-refractivity contribution in [1.29, 1.82) is 0 Å². The van der Waals surface area contributed by atoms with Gasteiger partial charge in [0.2, 0.25) is 5.91 Å². The predicted molar refractivity (Wildman–Crippen MR) is 81.9 cm³/mol. The lowest BCUT2D eigenvalue weighted by Gasteiger charge is -2.23. The summed E-state index contributed by atoms with van der Waals surface area (Å²) in [5.74, 6) is 1.46. The van der Waals surface area contributed by atoms with Gasteiger partial charge in [-0.2, -0.15) is 0 Å². The Bertz CT molecular complexity index is 413. The van der Waals surface area contributed by atoms with Gasteiger partial charge < -0.3 is 15.0 Å². The molecule has 1 atom stereocenters. The third-order valence-electron chi connectivity index (χ3n) is 3.34. The van der Waals surface area contributed by atoms with Crippen molar-refractivity contribution in [2.24, 2.45) is 5.92 Å². The van der Waals surface area contributed by atoms with E-state index in [1.165, 1.54) is 5.56 Å². The van der Waals surface area contributed by atoms with E-state index in [1.807, 2.05) is 12.1 Å². The predicted octanol–water partition coefficient (Wildman–Crippen LogP) is 2.46. The Morgan fingerprint density at radius 2 is 1.85 bits per heavy atom. The molecule has 0 aliphatic heterocycles. The molecule has 0 saturated heterocycles. The first-order valence-electron chi connectivity index (χ1n) is 7.03. The van der Waals surface area contributed by atoms with Crippen molar-refractivity contribution in [2.45, 2.75) is 26.3 Å². The number of carbonyl (C=O) groups is 1. The Morgan fingerprint density at radius 1 is 1.25 bits per heavy atom. The van der Waals surface area contributed by atoms with Crippen LogP contribution in [0.15, 0.2) is 24.3 Å². The molecule has 0 heterocycles. The van der Waals surface area contributed by atoms with Gasteiger partial charge in [-0.1, -0.05) is 26.0 Å². The molecule has 1 aromatic carbocycles. The number of methoxy groups -OCH3 is 1. The highest BCUT2D eigenvalue weighted by Gasteiger charge is 2.15. The Balaban J connectivity index is 2.62. The van der Waals surface area contributed by atoms with Gasteiger partial charge in [0, 0.05) is 33.1 Å². The standard InChI is InChI=1S/C16H26N2O2/c1-12(2)16(17-11-10-15(19)18(3)4)13-6-8-14(20-5)9-7-13/h6-9,12,16-17H,10-11H2,1-5H3/t16-/m1/s1. The van der Waals surface area contributed by atoms with Gasteiger partial charge in [0.15, 0.2) is 0 Å². The lowest BCUT2D eigenvalue weighted by Crippen LogP contribution is -2.31. The van der Waals surface area contributed by atoms with Crippen LogP contribution in [0.3, 0.4) is 0 Å². The third-order valence-corrected chi connectivity index (χ3v) is 3.34. The third kappa shape index (κ3) is 4.85. The fourth-order valence-corrected chi connectivity index (χ4v) is 2.11. The SMILES string of the molecule is COc1ccc([C@H](NCCC(=O)N(C)C)C(C)C)cc1. The lowest BCUT2D eigenvalue weighted by molar-refractivity contribution is -0.128. The maximum Gasteiger partial charge on any atom is 0.223 e. The number of nitrogens with one attached hydrogen (secondary N) is 1. The smallest absolute Gasteiger partial charge is 0.223 e. The summed E-state index contributed by atoms with van der Waals surface area (Å²) in [4.78, 5) is 13.2. The maximum absolute atomic E-state index is 11.6. The summed E-state index contributed by atoms with van der Waals surface area (Å²) in [5, 5.41) is 3.47. The second-order valence-corrected chi connectivity index (χ2v) is 5.49. The van der Waals surface area contributed by atoms with Crippen molar-refractivity contribution >= 4 is 5.91 Å². The number of amides is 1. The van der Waals surface area contributed by atoms with E-state index in [2.05, 4.69) is 31.3 Å². The van der Waals surface area contributed by atoms with E-state index >= 15 is 0 Å². The van der Waals surface area contributed by atoms with E-state index in [-0.39, 0.29) is 11.9 Å². The molecule has 112 valence electrons. The van der Waals surface area contributed by atoms with Crippen LogP contribution in [0.4, 0.5) is 0 Å². The van der Waals surface area contributed by atoms with Gasteiger partial charge in [0.1, 0.15) is 5.75 Å². The van der Waals surface area contributed by atoms with E-state index in [9.17, 15) is 4.79 Å². The summed E-state index contributed by atoms with van der Waals surface area (Å²) in [6.45, 7) is 5.04. The Kier molecular flexibility index (Phi) is 6.52. The van der Waals surface area contributed by atoms with Crippen molar-refractivity contribution in [2.75, 3.05) is 27.7 Å². The molecule has 20 heavy (non-hydrogen) atoms. The maximum atomic E-state index is 11.6. The van der Waals surface area contributed by atoms with Crippen LogP contribution in [0, 0.1) is 5.92 Å². The molecule has 1 N–H and O–H groups in total. The van der Waals surface area contributed by atoms with E-state index in [0.717, 1.165) is 5.75 Å². The summed E-state index contributed by atoms with van der Waals surface area (Å²) >= 11 is 0. The molecule has 0 bridgehead atoms. The van der Waals surface area contributed by atoms with Gasteiger partial charge in [-0.3, -0.25) is 4.79 Å². The topological polar surface area (TPSA) is 41.6 Å². The highest BCUT2D eigenvalue weighted by molar-refractivity contribution is 5.75. The fourth-order valence-electron chi connectivity index (χ4n) is 2.11. The molecule has 0 radical (unpaired) electrons. The second-order valence-electron chi connectivity index (χ2n) is 5.49. The van der Waals surface area contributed by atoms with Crippen molar-refractivity contribution in [3.05, 3.63) is 29.8 Å². The number of hydrogen-bond acceptors (Lipinski definition) is 3. The summed E-state index contributed by atoms with van der Waals surface area (Å²) in [6.07, 6.45) is 0.520. The monoisotopic (exact) mass is 278 g/mol. The molecule has 0 spiro atoms. The van der Waals surface area contributed by atoms with Crippen LogP contribution in [0.2, 0.25) is 0 Å². The number of hydrogen-bond donors (Lipinski definition) is 1. The van der Waals surface area contributed by atoms with Crippen LogP contribution in [0.25, 0.3) is 0 Å². The van der Waals surface area contributed by atoms with Gasteiger partial charge in [0.05, 0.1) is 7.11 Å². The average molecular weight is 278 g/mol. The molecule has 0 aliphatic rings. The molecule has 0 aliphatic carbocycles. The van der Waals surface area contributed by atoms with Crippen LogP contribution in [-0.2, 0) is 4.79 Å².